The largest absolute Gasteiger partial charge is 0.497 e. The topological polar surface area (TPSA) is 128 Å². The summed E-state index contributed by atoms with van der Waals surface area (Å²) in [6.45, 7) is 1.52. The van der Waals surface area contributed by atoms with Gasteiger partial charge in [-0.1, -0.05) is 30.3 Å². The van der Waals surface area contributed by atoms with E-state index in [0.29, 0.717) is 30.9 Å². The zero-order valence-electron chi connectivity index (χ0n) is 22.4. The van der Waals surface area contributed by atoms with Gasteiger partial charge in [0.25, 0.3) is 0 Å². The van der Waals surface area contributed by atoms with E-state index in [1.807, 2.05) is 0 Å². The third kappa shape index (κ3) is 5.77. The number of methoxy groups -OCH3 is 1. The van der Waals surface area contributed by atoms with Gasteiger partial charge in [0, 0.05) is 31.9 Å². The smallest absolute Gasteiger partial charge is 0.247 e. The maximum absolute atomic E-state index is 14.0. The molecule has 3 heterocycles. The Morgan fingerprint density at radius 1 is 1.05 bits per heavy atom. The summed E-state index contributed by atoms with van der Waals surface area (Å²) in [4.78, 5) is 42.3. The predicted octanol–water partition coefficient (Wildman–Crippen LogP) is 2.47. The van der Waals surface area contributed by atoms with E-state index >= 15 is 0 Å². The second-order valence-electron chi connectivity index (χ2n) is 10.3. The van der Waals surface area contributed by atoms with Gasteiger partial charge < -0.3 is 24.4 Å². The summed E-state index contributed by atoms with van der Waals surface area (Å²) in [6.07, 6.45) is 2.22. The first-order chi connectivity index (χ1) is 19.3. The van der Waals surface area contributed by atoms with Crippen LogP contribution in [0.15, 0.2) is 53.4 Å². The van der Waals surface area contributed by atoms with Gasteiger partial charge in [-0.3, -0.25) is 14.4 Å². The van der Waals surface area contributed by atoms with Crippen LogP contribution in [0.25, 0.3) is 0 Å². The van der Waals surface area contributed by atoms with E-state index in [1.165, 1.54) is 24.1 Å². The van der Waals surface area contributed by atoms with Crippen LogP contribution < -0.4 is 10.1 Å². The summed E-state index contributed by atoms with van der Waals surface area (Å²) in [5, 5.41) is 1.38. The average Bonchev–Trinajstić information content (AvgIpc) is 3.71. The van der Waals surface area contributed by atoms with Gasteiger partial charge in [0.2, 0.25) is 11.8 Å². The molecule has 11 heteroatoms. The summed E-state index contributed by atoms with van der Waals surface area (Å²) >= 11 is 0. The number of sulfone groups is 1. The van der Waals surface area contributed by atoms with E-state index in [1.54, 1.807) is 36.4 Å². The molecule has 214 valence electrons. The maximum atomic E-state index is 14.0. The van der Waals surface area contributed by atoms with Crippen LogP contribution in [0.2, 0.25) is 0 Å². The highest BCUT2D eigenvalue weighted by Gasteiger charge is 2.47. The number of ether oxygens (including phenoxy) is 3. The number of hydrogen-bond donors (Lipinski definition) is 1. The number of fused-ring (bicyclic) bond motifs is 1. The summed E-state index contributed by atoms with van der Waals surface area (Å²) < 4.78 is 43.4. The SMILES string of the molecule is COc1cccc(C(C(=O)NCC2CCCO2)N(CC2CCCO2)C(=O)CC2C(=O)c3ccccc3S2(=O)=O)c1. The van der Waals surface area contributed by atoms with Gasteiger partial charge in [0.1, 0.15) is 17.0 Å². The lowest BCUT2D eigenvalue weighted by atomic mass is 10.0. The zero-order chi connectivity index (χ0) is 28.3. The van der Waals surface area contributed by atoms with Crippen molar-refractivity contribution in [2.75, 3.05) is 33.4 Å². The van der Waals surface area contributed by atoms with Crippen molar-refractivity contribution in [1.82, 2.24) is 10.2 Å². The van der Waals surface area contributed by atoms with Gasteiger partial charge in [-0.05, 0) is 49.4 Å². The first-order valence-corrected chi connectivity index (χ1v) is 15.2. The average molecular weight is 571 g/mol. The van der Waals surface area contributed by atoms with Gasteiger partial charge in [-0.15, -0.1) is 0 Å². The van der Waals surface area contributed by atoms with Gasteiger partial charge in [0.15, 0.2) is 15.6 Å². The maximum Gasteiger partial charge on any atom is 0.247 e. The van der Waals surface area contributed by atoms with E-state index in [2.05, 4.69) is 5.32 Å². The minimum atomic E-state index is -4.06. The monoisotopic (exact) mass is 570 g/mol. The fraction of sp³-hybridized carbons (Fsp3) is 0.483. The van der Waals surface area contributed by atoms with Crippen molar-refractivity contribution < 1.29 is 37.0 Å². The highest BCUT2D eigenvalue weighted by atomic mass is 32.2. The molecule has 3 aliphatic rings. The molecule has 10 nitrogen and oxygen atoms in total. The highest BCUT2D eigenvalue weighted by molar-refractivity contribution is 7.93. The van der Waals surface area contributed by atoms with Crippen LogP contribution in [-0.4, -0.2) is 81.8 Å². The van der Waals surface area contributed by atoms with Gasteiger partial charge in [0.05, 0.1) is 30.6 Å². The molecule has 0 aliphatic carbocycles. The fourth-order valence-corrected chi connectivity index (χ4v) is 7.44. The Balaban J connectivity index is 1.47. The molecule has 2 fully saturated rings. The number of hydrogen-bond acceptors (Lipinski definition) is 8. The van der Waals surface area contributed by atoms with Crippen LogP contribution in [0.4, 0.5) is 0 Å². The minimum Gasteiger partial charge on any atom is -0.497 e. The molecule has 40 heavy (non-hydrogen) atoms. The summed E-state index contributed by atoms with van der Waals surface area (Å²) in [7, 11) is -2.55. The summed E-state index contributed by atoms with van der Waals surface area (Å²) in [6, 6.07) is 11.8. The minimum absolute atomic E-state index is 0.0675. The molecule has 4 unspecified atom stereocenters. The molecule has 2 saturated heterocycles. The quantitative estimate of drug-likeness (QED) is 0.462. The van der Waals surface area contributed by atoms with Crippen molar-refractivity contribution >= 4 is 27.4 Å². The molecule has 1 N–H and O–H groups in total. The lowest BCUT2D eigenvalue weighted by molar-refractivity contribution is -0.142. The molecule has 0 radical (unpaired) electrons. The van der Waals surface area contributed by atoms with Crippen LogP contribution in [0, 0.1) is 0 Å². The number of nitrogens with one attached hydrogen (secondary N) is 1. The number of amides is 2. The molecule has 2 aromatic rings. The first kappa shape index (κ1) is 28.3. The third-order valence-electron chi connectivity index (χ3n) is 7.73. The van der Waals surface area contributed by atoms with Crippen molar-refractivity contribution in [2.24, 2.45) is 0 Å². The first-order valence-electron chi connectivity index (χ1n) is 13.6. The molecule has 0 saturated carbocycles. The molecule has 0 spiro atoms. The van der Waals surface area contributed by atoms with Crippen molar-refractivity contribution in [3.8, 4) is 5.75 Å². The molecule has 4 atom stereocenters. The number of Topliss-reactive ketones (excluding diaryl/α,β-unsaturated/α-hetero) is 1. The molecule has 0 bridgehead atoms. The normalized spacial score (nSPS) is 23.9. The Hall–Kier alpha value is -3.28. The number of nitrogens with zero attached hydrogens (tertiary/aromatic N) is 1. The van der Waals surface area contributed by atoms with Gasteiger partial charge in [-0.25, -0.2) is 8.42 Å². The molecule has 5 rings (SSSR count). The Morgan fingerprint density at radius 3 is 2.45 bits per heavy atom. The van der Waals surface area contributed by atoms with Gasteiger partial charge in [-0.2, -0.15) is 0 Å². The van der Waals surface area contributed by atoms with Crippen molar-refractivity contribution in [1.29, 1.82) is 0 Å². The van der Waals surface area contributed by atoms with E-state index in [9.17, 15) is 22.8 Å². The van der Waals surface area contributed by atoms with Crippen LogP contribution >= 0.6 is 0 Å². The van der Waals surface area contributed by atoms with Crippen molar-refractivity contribution in [2.45, 2.75) is 60.5 Å². The fourth-order valence-electron chi connectivity index (χ4n) is 5.62. The molecule has 2 aromatic carbocycles. The van der Waals surface area contributed by atoms with Crippen molar-refractivity contribution in [3.63, 3.8) is 0 Å². The Kier molecular flexibility index (Phi) is 8.53. The molecule has 3 aliphatic heterocycles. The molecule has 2 amide bonds. The lowest BCUT2D eigenvalue weighted by Gasteiger charge is -2.34. The lowest BCUT2D eigenvalue weighted by Crippen LogP contribution is -2.49. The number of carbonyl (C=O) groups is 3. The Morgan fingerprint density at radius 2 is 1.77 bits per heavy atom. The van der Waals surface area contributed by atoms with E-state index in [0.717, 1.165) is 19.3 Å². The van der Waals surface area contributed by atoms with E-state index in [4.69, 9.17) is 14.2 Å². The van der Waals surface area contributed by atoms with Crippen LogP contribution in [0.1, 0.15) is 54.1 Å². The summed E-state index contributed by atoms with van der Waals surface area (Å²) in [5.74, 6) is -1.16. The zero-order valence-corrected chi connectivity index (χ0v) is 23.2. The van der Waals surface area contributed by atoms with E-state index in [-0.39, 0.29) is 35.8 Å². The van der Waals surface area contributed by atoms with Crippen LogP contribution in [-0.2, 0) is 28.9 Å². The number of benzene rings is 2. The number of carbonyl (C=O) groups excluding carboxylic acids is 3. The standard InChI is InChI=1S/C29H34N2O8S/c1-37-20-8-4-7-19(15-20)27(29(34)30-17-21-9-5-13-38-21)31(18-22-10-6-14-39-22)26(32)16-25-28(33)23-11-2-3-12-24(23)40(25,35)36/h2-4,7-8,11-12,15,21-22,25,27H,5-6,9-10,13-14,16-18H2,1H3,(H,30,34). The van der Waals surface area contributed by atoms with E-state index < -0.39 is 45.1 Å². The number of rotatable bonds is 10. The predicted molar refractivity (Wildman–Crippen MR) is 145 cm³/mol. The summed E-state index contributed by atoms with van der Waals surface area (Å²) in [5.41, 5.74) is 0.587. The third-order valence-corrected chi connectivity index (χ3v) is 9.83. The van der Waals surface area contributed by atoms with Gasteiger partial charge >= 0.3 is 0 Å². The van der Waals surface area contributed by atoms with Crippen molar-refractivity contribution in [3.05, 3.63) is 59.7 Å². The second-order valence-corrected chi connectivity index (χ2v) is 12.4. The van der Waals surface area contributed by atoms with Crippen LogP contribution in [0.5, 0.6) is 5.75 Å². The second kappa shape index (κ2) is 12.1. The van der Waals surface area contributed by atoms with Crippen LogP contribution in [0.3, 0.4) is 0 Å². The molecule has 0 aromatic heterocycles. The molecular weight excluding hydrogens is 536 g/mol. The Labute approximate surface area is 233 Å². The molecular formula is C29H34N2O8S. The highest BCUT2D eigenvalue weighted by Crippen LogP contribution is 2.35. The Bertz CT molecular complexity index is 1370. The number of ketones is 1.